The summed E-state index contributed by atoms with van der Waals surface area (Å²) in [6, 6.07) is 12.2. The molecule has 0 spiro atoms. The van der Waals surface area contributed by atoms with Crippen molar-refractivity contribution in [2.24, 2.45) is 0 Å². The molecule has 7 nitrogen and oxygen atoms in total. The van der Waals surface area contributed by atoms with Crippen molar-refractivity contribution in [3.63, 3.8) is 0 Å². The van der Waals surface area contributed by atoms with E-state index in [4.69, 9.17) is 4.74 Å². The highest BCUT2D eigenvalue weighted by atomic mass is 19.1. The Kier molecular flexibility index (Phi) is 7.37. The largest absolute Gasteiger partial charge is 0.379 e. The van der Waals surface area contributed by atoms with Crippen LogP contribution in [0, 0.1) is 5.82 Å². The summed E-state index contributed by atoms with van der Waals surface area (Å²) in [5.74, 6) is -1.52. The maximum Gasteiger partial charge on any atom is 0.278 e. The number of rotatable bonds is 9. The van der Waals surface area contributed by atoms with Crippen molar-refractivity contribution in [3.05, 3.63) is 65.6 Å². The van der Waals surface area contributed by atoms with Crippen LogP contribution in [0.5, 0.6) is 0 Å². The van der Waals surface area contributed by atoms with Crippen LogP contribution < -0.4 is 10.6 Å². The van der Waals surface area contributed by atoms with Crippen molar-refractivity contribution in [3.8, 4) is 0 Å². The molecule has 3 amide bonds. The molecule has 168 valence electrons. The van der Waals surface area contributed by atoms with Crippen molar-refractivity contribution >= 4 is 34.7 Å². The van der Waals surface area contributed by atoms with Crippen LogP contribution in [0.3, 0.4) is 0 Å². The summed E-state index contributed by atoms with van der Waals surface area (Å²) >= 11 is 0. The first-order valence-corrected chi connectivity index (χ1v) is 10.4. The second kappa shape index (κ2) is 10.2. The Balaban J connectivity index is 1.86. The van der Waals surface area contributed by atoms with Crippen molar-refractivity contribution in [2.45, 2.75) is 33.3 Å². The quantitative estimate of drug-likeness (QED) is 0.459. The third kappa shape index (κ3) is 5.59. The smallest absolute Gasteiger partial charge is 0.278 e. The highest BCUT2D eigenvalue weighted by molar-refractivity contribution is 6.36. The summed E-state index contributed by atoms with van der Waals surface area (Å²) in [6.07, 6.45) is 0.566. The summed E-state index contributed by atoms with van der Waals surface area (Å²) in [5, 5.41) is 5.70. The molecule has 2 N–H and O–H groups in total. The summed E-state index contributed by atoms with van der Waals surface area (Å²) < 4.78 is 18.9. The number of nitrogens with one attached hydrogen (secondary N) is 2. The second-order valence-electron chi connectivity index (χ2n) is 7.68. The molecule has 1 aliphatic rings. The summed E-state index contributed by atoms with van der Waals surface area (Å²) in [4.78, 5) is 38.6. The van der Waals surface area contributed by atoms with Gasteiger partial charge in [-0.05, 0) is 62.2 Å². The van der Waals surface area contributed by atoms with E-state index in [1.54, 1.807) is 24.3 Å². The summed E-state index contributed by atoms with van der Waals surface area (Å²) in [5.41, 5.74) is 1.93. The van der Waals surface area contributed by atoms with Crippen LogP contribution in [0.1, 0.15) is 32.8 Å². The number of benzene rings is 2. The van der Waals surface area contributed by atoms with Gasteiger partial charge in [0.05, 0.1) is 11.7 Å². The lowest BCUT2D eigenvalue weighted by atomic mass is 10.0. The first-order chi connectivity index (χ1) is 15.3. The molecular weight excluding hydrogens is 413 g/mol. The van der Waals surface area contributed by atoms with Gasteiger partial charge in [0.15, 0.2) is 0 Å². The number of hydrogen-bond donors (Lipinski definition) is 2. The van der Waals surface area contributed by atoms with Gasteiger partial charge < -0.3 is 15.4 Å². The number of carbonyl (C=O) groups is 3. The average Bonchev–Trinajstić information content (AvgIpc) is 2.96. The van der Waals surface area contributed by atoms with Gasteiger partial charge in [0.2, 0.25) is 5.91 Å². The molecule has 1 aliphatic heterocycles. The fraction of sp³-hybridized carbons (Fsp3) is 0.292. The molecule has 3 rings (SSSR count). The number of carbonyl (C=O) groups excluding carboxylic acids is 3. The lowest BCUT2D eigenvalue weighted by molar-refractivity contribution is -0.137. The van der Waals surface area contributed by atoms with Crippen molar-refractivity contribution in [1.82, 2.24) is 4.90 Å². The SMILES string of the molecule is CC(=O)Nc1ccc(NC2=C(c3ccc(F)cc3)C(=O)N(CCCOC(C)C)C2=O)cc1. The standard InChI is InChI=1S/C24H26FN3O4/c1-15(2)32-14-4-13-28-23(30)21(17-5-7-18(25)8-6-17)22(24(28)31)27-20-11-9-19(10-12-20)26-16(3)29/h5-12,15,27H,4,13-14H2,1-3H3,(H,26,29). The van der Waals surface area contributed by atoms with Crippen LogP contribution in [0.25, 0.3) is 5.57 Å². The molecule has 0 aliphatic carbocycles. The average molecular weight is 439 g/mol. The minimum Gasteiger partial charge on any atom is -0.379 e. The molecule has 1 heterocycles. The van der Waals surface area contributed by atoms with E-state index in [1.165, 1.54) is 36.1 Å². The molecule has 0 saturated heterocycles. The van der Waals surface area contributed by atoms with Gasteiger partial charge in [0, 0.05) is 31.5 Å². The van der Waals surface area contributed by atoms with Crippen LogP contribution in [0.4, 0.5) is 15.8 Å². The number of anilines is 2. The maximum absolute atomic E-state index is 13.4. The zero-order chi connectivity index (χ0) is 23.3. The highest BCUT2D eigenvalue weighted by Crippen LogP contribution is 2.31. The molecule has 0 atom stereocenters. The molecule has 0 unspecified atom stereocenters. The van der Waals surface area contributed by atoms with Crippen molar-refractivity contribution in [2.75, 3.05) is 23.8 Å². The molecule has 8 heteroatoms. The zero-order valence-electron chi connectivity index (χ0n) is 18.3. The van der Waals surface area contributed by atoms with Crippen LogP contribution in [0.2, 0.25) is 0 Å². The van der Waals surface area contributed by atoms with Gasteiger partial charge in [-0.2, -0.15) is 0 Å². The van der Waals surface area contributed by atoms with Gasteiger partial charge in [0.25, 0.3) is 11.8 Å². The van der Waals surface area contributed by atoms with E-state index in [2.05, 4.69) is 10.6 Å². The Labute approximate surface area is 186 Å². The first kappa shape index (κ1) is 23.1. The lowest BCUT2D eigenvalue weighted by Gasteiger charge is -2.16. The fourth-order valence-corrected chi connectivity index (χ4v) is 3.31. The molecule has 0 saturated carbocycles. The predicted octanol–water partition coefficient (Wildman–Crippen LogP) is 3.79. The summed E-state index contributed by atoms with van der Waals surface area (Å²) in [7, 11) is 0. The number of amides is 3. The number of imide groups is 1. The fourth-order valence-electron chi connectivity index (χ4n) is 3.31. The Morgan fingerprint density at radius 1 is 1.00 bits per heavy atom. The number of halogens is 1. The van der Waals surface area contributed by atoms with Crippen LogP contribution in [-0.4, -0.2) is 41.9 Å². The van der Waals surface area contributed by atoms with Crippen molar-refractivity contribution < 1.29 is 23.5 Å². The van der Waals surface area contributed by atoms with E-state index >= 15 is 0 Å². The van der Waals surface area contributed by atoms with Crippen LogP contribution >= 0.6 is 0 Å². The molecule has 0 radical (unpaired) electrons. The topological polar surface area (TPSA) is 87.7 Å². The normalized spacial score (nSPS) is 13.8. The van der Waals surface area contributed by atoms with Crippen molar-refractivity contribution in [1.29, 1.82) is 0 Å². The van der Waals surface area contributed by atoms with Gasteiger partial charge in [0.1, 0.15) is 11.5 Å². The number of ether oxygens (including phenoxy) is 1. The van der Waals surface area contributed by atoms with E-state index < -0.39 is 17.6 Å². The summed E-state index contributed by atoms with van der Waals surface area (Å²) in [6.45, 7) is 5.88. The third-order valence-corrected chi connectivity index (χ3v) is 4.75. The Morgan fingerprint density at radius 2 is 1.62 bits per heavy atom. The molecule has 0 bridgehead atoms. The molecule has 2 aromatic carbocycles. The predicted molar refractivity (Wildman–Crippen MR) is 120 cm³/mol. The number of hydrogen-bond acceptors (Lipinski definition) is 5. The minimum atomic E-state index is -0.454. The minimum absolute atomic E-state index is 0.0607. The van der Waals surface area contributed by atoms with E-state index in [0.29, 0.717) is 30.0 Å². The molecule has 0 fully saturated rings. The Bertz CT molecular complexity index is 1030. The van der Waals surface area contributed by atoms with Gasteiger partial charge in [-0.15, -0.1) is 0 Å². The van der Waals surface area contributed by atoms with E-state index in [-0.39, 0.29) is 29.8 Å². The van der Waals surface area contributed by atoms with Gasteiger partial charge in [-0.1, -0.05) is 12.1 Å². The zero-order valence-corrected chi connectivity index (χ0v) is 18.3. The molecule has 32 heavy (non-hydrogen) atoms. The van der Waals surface area contributed by atoms with Gasteiger partial charge >= 0.3 is 0 Å². The monoisotopic (exact) mass is 439 g/mol. The van der Waals surface area contributed by atoms with Gasteiger partial charge in [-0.25, -0.2) is 4.39 Å². The van der Waals surface area contributed by atoms with Gasteiger partial charge in [-0.3, -0.25) is 19.3 Å². The van der Waals surface area contributed by atoms with E-state index in [9.17, 15) is 18.8 Å². The Hall–Kier alpha value is -3.52. The third-order valence-electron chi connectivity index (χ3n) is 4.75. The van der Waals surface area contributed by atoms with E-state index in [0.717, 1.165) is 0 Å². The van der Waals surface area contributed by atoms with Crippen LogP contribution in [0.15, 0.2) is 54.2 Å². The molecular formula is C24H26FN3O4. The Morgan fingerprint density at radius 3 is 2.22 bits per heavy atom. The van der Waals surface area contributed by atoms with Crippen LogP contribution in [-0.2, 0) is 19.1 Å². The second-order valence-corrected chi connectivity index (χ2v) is 7.68. The molecule has 0 aromatic heterocycles. The molecule has 2 aromatic rings. The van der Waals surface area contributed by atoms with E-state index in [1.807, 2.05) is 13.8 Å². The maximum atomic E-state index is 13.4. The number of nitrogens with zero attached hydrogens (tertiary/aromatic N) is 1. The first-order valence-electron chi connectivity index (χ1n) is 10.4. The lowest BCUT2D eigenvalue weighted by Crippen LogP contribution is -2.34. The highest BCUT2D eigenvalue weighted by Gasteiger charge is 2.38.